The monoisotopic (exact) mass is 450 g/mol. The fourth-order valence-electron chi connectivity index (χ4n) is 3.76. The number of aromatic nitrogens is 1. The minimum Gasteiger partial charge on any atom is -0.463 e. The molecule has 0 unspecified atom stereocenters. The first-order valence-electron chi connectivity index (χ1n) is 10.8. The van der Waals surface area contributed by atoms with Crippen LogP contribution in [0.15, 0.2) is 53.1 Å². The van der Waals surface area contributed by atoms with Crippen LogP contribution in [0.3, 0.4) is 0 Å². The minimum absolute atomic E-state index is 0.336. The zero-order chi connectivity index (χ0) is 23.6. The first-order valence-corrected chi connectivity index (χ1v) is 10.8. The summed E-state index contributed by atoms with van der Waals surface area (Å²) in [6.45, 7) is 5.73. The van der Waals surface area contributed by atoms with Gasteiger partial charge in [-0.3, -0.25) is 25.3 Å². The molecule has 0 spiro atoms. The van der Waals surface area contributed by atoms with E-state index in [-0.39, 0.29) is 0 Å². The van der Waals surface area contributed by atoms with Crippen LogP contribution >= 0.6 is 0 Å². The van der Waals surface area contributed by atoms with E-state index in [1.807, 2.05) is 12.1 Å². The Hall–Kier alpha value is -3.88. The molecule has 0 aliphatic carbocycles. The lowest BCUT2D eigenvalue weighted by atomic mass is 10.1. The van der Waals surface area contributed by atoms with Crippen LogP contribution in [-0.2, 0) is 9.53 Å². The van der Waals surface area contributed by atoms with Crippen LogP contribution in [-0.4, -0.2) is 46.0 Å². The van der Waals surface area contributed by atoms with Crippen molar-refractivity contribution in [3.63, 3.8) is 0 Å². The summed E-state index contributed by atoms with van der Waals surface area (Å²) in [7, 11) is 0. The summed E-state index contributed by atoms with van der Waals surface area (Å²) in [6.07, 6.45) is 2.15. The molecule has 1 fully saturated rings. The summed E-state index contributed by atoms with van der Waals surface area (Å²) >= 11 is 0. The first kappa shape index (κ1) is 22.3. The quantitative estimate of drug-likeness (QED) is 0.589. The lowest BCUT2D eigenvalue weighted by molar-refractivity contribution is -0.126. The topological polar surface area (TPSA) is 114 Å². The van der Waals surface area contributed by atoms with Gasteiger partial charge in [0.15, 0.2) is 5.76 Å². The van der Waals surface area contributed by atoms with E-state index in [1.54, 1.807) is 51.1 Å². The highest BCUT2D eigenvalue weighted by atomic mass is 16.6. The van der Waals surface area contributed by atoms with Crippen LogP contribution in [0.4, 0.5) is 4.79 Å². The van der Waals surface area contributed by atoms with Gasteiger partial charge in [0.05, 0.1) is 17.3 Å². The maximum atomic E-state index is 13.0. The Balaban J connectivity index is 1.50. The number of amides is 3. The van der Waals surface area contributed by atoms with Crippen molar-refractivity contribution in [3.8, 4) is 11.5 Å². The third kappa shape index (κ3) is 4.97. The van der Waals surface area contributed by atoms with E-state index < -0.39 is 29.6 Å². The van der Waals surface area contributed by atoms with Crippen molar-refractivity contribution in [2.45, 2.75) is 45.3 Å². The van der Waals surface area contributed by atoms with E-state index >= 15 is 0 Å². The average Bonchev–Trinajstić information content (AvgIpc) is 3.47. The lowest BCUT2D eigenvalue weighted by Gasteiger charge is -2.28. The number of rotatable bonds is 3. The summed E-state index contributed by atoms with van der Waals surface area (Å²) in [4.78, 5) is 44.2. The molecule has 9 heteroatoms. The maximum absolute atomic E-state index is 13.0. The van der Waals surface area contributed by atoms with Crippen molar-refractivity contribution in [2.24, 2.45) is 0 Å². The van der Waals surface area contributed by atoms with Crippen molar-refractivity contribution in [3.05, 3.63) is 54.3 Å². The number of ether oxygens (including phenoxy) is 1. The third-order valence-electron chi connectivity index (χ3n) is 5.22. The molecule has 3 amide bonds. The van der Waals surface area contributed by atoms with Gasteiger partial charge in [-0.1, -0.05) is 18.2 Å². The SMILES string of the molecule is CC(C)(C)OC(=O)N1CCC[C@H]1C(=O)NNC(=O)c1cc(-c2ccco2)nc2ccccc12. The number of carbonyl (C=O) groups is 3. The number of benzene rings is 1. The summed E-state index contributed by atoms with van der Waals surface area (Å²) < 4.78 is 10.8. The van der Waals surface area contributed by atoms with Crippen molar-refractivity contribution >= 4 is 28.8 Å². The van der Waals surface area contributed by atoms with E-state index in [9.17, 15) is 14.4 Å². The summed E-state index contributed by atoms with van der Waals surface area (Å²) in [5, 5.41) is 0.635. The molecular weight excluding hydrogens is 424 g/mol. The molecule has 3 heterocycles. The predicted octanol–water partition coefficient (Wildman–Crippen LogP) is 3.66. The van der Waals surface area contributed by atoms with Gasteiger partial charge in [0.1, 0.15) is 17.3 Å². The average molecular weight is 450 g/mol. The third-order valence-corrected chi connectivity index (χ3v) is 5.22. The van der Waals surface area contributed by atoms with Crippen LogP contribution in [0.5, 0.6) is 0 Å². The molecule has 33 heavy (non-hydrogen) atoms. The molecule has 1 aromatic carbocycles. The number of hydrogen-bond acceptors (Lipinski definition) is 6. The largest absolute Gasteiger partial charge is 0.463 e. The van der Waals surface area contributed by atoms with E-state index in [0.717, 1.165) is 0 Å². The molecule has 1 atom stereocenters. The van der Waals surface area contributed by atoms with Gasteiger partial charge in [0, 0.05) is 11.9 Å². The number of nitrogens with zero attached hydrogens (tertiary/aromatic N) is 2. The van der Waals surface area contributed by atoms with Gasteiger partial charge in [-0.2, -0.15) is 0 Å². The molecule has 1 aliphatic rings. The Morgan fingerprint density at radius 2 is 1.91 bits per heavy atom. The Kier molecular flexibility index (Phi) is 6.04. The fraction of sp³-hybridized carbons (Fsp3) is 0.333. The highest BCUT2D eigenvalue weighted by Crippen LogP contribution is 2.25. The molecule has 2 N–H and O–H groups in total. The second kappa shape index (κ2) is 8.93. The van der Waals surface area contributed by atoms with Crippen LogP contribution in [0.2, 0.25) is 0 Å². The number of hydrogen-bond donors (Lipinski definition) is 2. The van der Waals surface area contributed by atoms with Gasteiger partial charge < -0.3 is 9.15 Å². The molecule has 2 aromatic heterocycles. The van der Waals surface area contributed by atoms with Gasteiger partial charge >= 0.3 is 6.09 Å². The van der Waals surface area contributed by atoms with Crippen LogP contribution < -0.4 is 10.9 Å². The van der Waals surface area contributed by atoms with Crippen LogP contribution in [0, 0.1) is 0 Å². The molecule has 0 radical (unpaired) electrons. The minimum atomic E-state index is -0.715. The Labute approximate surface area is 191 Å². The lowest BCUT2D eigenvalue weighted by Crippen LogP contribution is -2.52. The van der Waals surface area contributed by atoms with E-state index in [0.29, 0.717) is 47.3 Å². The predicted molar refractivity (Wildman–Crippen MR) is 121 cm³/mol. The van der Waals surface area contributed by atoms with Crippen molar-refractivity contribution in [1.82, 2.24) is 20.7 Å². The molecule has 1 saturated heterocycles. The number of fused-ring (bicyclic) bond motifs is 1. The van der Waals surface area contributed by atoms with Gasteiger partial charge in [0.2, 0.25) is 0 Å². The van der Waals surface area contributed by atoms with Gasteiger partial charge in [0.25, 0.3) is 11.8 Å². The molecule has 0 saturated carbocycles. The second-order valence-electron chi connectivity index (χ2n) is 8.82. The summed E-state index contributed by atoms with van der Waals surface area (Å²) in [5.74, 6) is -0.453. The number of likely N-dealkylation sites (tertiary alicyclic amines) is 1. The smallest absolute Gasteiger partial charge is 0.410 e. The molecule has 4 rings (SSSR count). The zero-order valence-corrected chi connectivity index (χ0v) is 18.8. The Morgan fingerprint density at radius 1 is 1.12 bits per heavy atom. The number of carbonyl (C=O) groups excluding carboxylic acids is 3. The molecule has 172 valence electrons. The van der Waals surface area contributed by atoms with Crippen LogP contribution in [0.25, 0.3) is 22.4 Å². The highest BCUT2D eigenvalue weighted by Gasteiger charge is 2.36. The molecule has 3 aromatic rings. The highest BCUT2D eigenvalue weighted by molar-refractivity contribution is 6.07. The number of nitrogens with one attached hydrogen (secondary N) is 2. The Morgan fingerprint density at radius 3 is 2.64 bits per heavy atom. The van der Waals surface area contributed by atoms with E-state index in [1.165, 1.54) is 11.2 Å². The summed E-state index contributed by atoms with van der Waals surface area (Å²) in [5.41, 5.74) is 5.72. The maximum Gasteiger partial charge on any atom is 0.410 e. The molecule has 0 bridgehead atoms. The van der Waals surface area contributed by atoms with Crippen molar-refractivity contribution in [2.75, 3.05) is 6.54 Å². The Bertz CT molecular complexity index is 1180. The van der Waals surface area contributed by atoms with E-state index in [2.05, 4.69) is 15.8 Å². The zero-order valence-electron chi connectivity index (χ0n) is 18.8. The first-order chi connectivity index (χ1) is 15.7. The number of furan rings is 1. The normalized spacial score (nSPS) is 16.0. The van der Waals surface area contributed by atoms with Gasteiger partial charge in [-0.25, -0.2) is 9.78 Å². The van der Waals surface area contributed by atoms with Gasteiger partial charge in [-0.15, -0.1) is 0 Å². The van der Waals surface area contributed by atoms with Crippen molar-refractivity contribution < 1.29 is 23.5 Å². The van der Waals surface area contributed by atoms with Crippen molar-refractivity contribution in [1.29, 1.82) is 0 Å². The number of para-hydroxylation sites is 1. The van der Waals surface area contributed by atoms with E-state index in [4.69, 9.17) is 9.15 Å². The number of pyridine rings is 1. The molecule has 1 aliphatic heterocycles. The molecule has 9 nitrogen and oxygen atoms in total. The summed E-state index contributed by atoms with van der Waals surface area (Å²) in [6, 6.07) is 11.6. The van der Waals surface area contributed by atoms with Crippen LogP contribution in [0.1, 0.15) is 44.0 Å². The standard InChI is InChI=1S/C24H26N4O5/c1-24(2,3)33-23(31)28-12-6-10-19(28)22(30)27-26-21(29)16-14-18(20-11-7-13-32-20)25-17-9-5-4-8-15(16)17/h4-5,7-9,11,13-14,19H,6,10,12H2,1-3H3,(H,26,29)(H,27,30)/t19-/m0/s1. The molecular formula is C24H26N4O5. The number of hydrazine groups is 1. The van der Waals surface area contributed by atoms with Gasteiger partial charge in [-0.05, 0) is 57.9 Å². The second-order valence-corrected chi connectivity index (χ2v) is 8.82. The fourth-order valence-corrected chi connectivity index (χ4v) is 3.76.